The Morgan fingerprint density at radius 1 is 1.35 bits per heavy atom. The lowest BCUT2D eigenvalue weighted by Crippen LogP contribution is -2.44. The number of nitrogens with zero attached hydrogens (tertiary/aromatic N) is 1. The van der Waals surface area contributed by atoms with Gasteiger partial charge in [0.15, 0.2) is 0 Å². The third-order valence-electron chi connectivity index (χ3n) is 2.52. The third-order valence-corrected chi connectivity index (χ3v) is 2.52. The maximum Gasteiger partial charge on any atom is 0.329 e. The van der Waals surface area contributed by atoms with E-state index in [-0.39, 0.29) is 11.7 Å². The molecule has 90 valence electrons. The Labute approximate surface area is 98.4 Å². The Bertz CT molecular complexity index is 458. The average Bonchev–Trinajstić information content (AvgIpc) is 3.04. The minimum atomic E-state index is -0.589. The van der Waals surface area contributed by atoms with Gasteiger partial charge in [0.05, 0.1) is 5.69 Å². The van der Waals surface area contributed by atoms with E-state index in [0.717, 1.165) is 17.7 Å². The lowest BCUT2D eigenvalue weighted by atomic mass is 10.3. The van der Waals surface area contributed by atoms with Crippen molar-refractivity contribution in [3.8, 4) is 0 Å². The number of carbonyl (C=O) groups excluding carboxylic acids is 2. The van der Waals surface area contributed by atoms with Crippen molar-refractivity contribution in [2.24, 2.45) is 0 Å². The van der Waals surface area contributed by atoms with Gasteiger partial charge in [-0.3, -0.25) is 4.79 Å². The van der Waals surface area contributed by atoms with Crippen LogP contribution in [0.15, 0.2) is 24.3 Å². The molecule has 0 spiro atoms. The highest BCUT2D eigenvalue weighted by molar-refractivity contribution is 6.13. The molecule has 4 nitrogen and oxygen atoms in total. The van der Waals surface area contributed by atoms with Gasteiger partial charge in [-0.1, -0.05) is 12.1 Å². The van der Waals surface area contributed by atoms with Crippen molar-refractivity contribution < 1.29 is 14.0 Å². The lowest BCUT2D eigenvalue weighted by molar-refractivity contribution is -0.115. The normalized spacial score (nSPS) is 14.2. The molecule has 5 heteroatoms. The molecule has 17 heavy (non-hydrogen) atoms. The number of rotatable bonds is 2. The van der Waals surface area contributed by atoms with Crippen molar-refractivity contribution in [3.63, 3.8) is 0 Å². The molecule has 1 aliphatic rings. The highest BCUT2D eigenvalue weighted by atomic mass is 19.1. The molecule has 1 aromatic carbocycles. The van der Waals surface area contributed by atoms with Crippen LogP contribution < -0.4 is 10.2 Å². The van der Waals surface area contributed by atoms with E-state index < -0.39 is 17.8 Å². The molecule has 0 heterocycles. The molecule has 2 rings (SSSR count). The zero-order chi connectivity index (χ0) is 12.4. The van der Waals surface area contributed by atoms with Crippen LogP contribution in [0.2, 0.25) is 0 Å². The molecule has 0 bridgehead atoms. The zero-order valence-electron chi connectivity index (χ0n) is 9.44. The first-order valence-electron chi connectivity index (χ1n) is 5.45. The van der Waals surface area contributed by atoms with Crippen molar-refractivity contribution in [1.82, 2.24) is 5.32 Å². The first kappa shape index (κ1) is 11.6. The Balaban J connectivity index is 2.25. The number of hydrogen-bond donors (Lipinski definition) is 1. The van der Waals surface area contributed by atoms with Gasteiger partial charge in [-0.25, -0.2) is 14.1 Å². The van der Waals surface area contributed by atoms with Crippen molar-refractivity contribution >= 4 is 17.6 Å². The largest absolute Gasteiger partial charge is 0.335 e. The fraction of sp³-hybridized carbons (Fsp3) is 0.333. The summed E-state index contributed by atoms with van der Waals surface area (Å²) in [6.45, 7) is 1.24. The van der Waals surface area contributed by atoms with Crippen LogP contribution in [0.3, 0.4) is 0 Å². The molecule has 0 radical (unpaired) electrons. The van der Waals surface area contributed by atoms with E-state index in [4.69, 9.17) is 0 Å². The maximum absolute atomic E-state index is 13.5. The minimum absolute atomic E-state index is 0.0156. The highest BCUT2D eigenvalue weighted by Crippen LogP contribution is 2.22. The molecule has 1 aromatic rings. The van der Waals surface area contributed by atoms with Gasteiger partial charge in [0.1, 0.15) is 5.82 Å². The second-order valence-electron chi connectivity index (χ2n) is 4.03. The number of nitrogens with one attached hydrogen (secondary N) is 1. The number of benzene rings is 1. The molecule has 0 unspecified atom stereocenters. The molecule has 1 N–H and O–H groups in total. The molecule has 1 saturated carbocycles. The topological polar surface area (TPSA) is 49.4 Å². The molecule has 1 fully saturated rings. The van der Waals surface area contributed by atoms with Crippen LogP contribution in [-0.2, 0) is 4.79 Å². The Kier molecular flexibility index (Phi) is 3.08. The van der Waals surface area contributed by atoms with Gasteiger partial charge in [0.2, 0.25) is 5.91 Å². The number of amides is 3. The van der Waals surface area contributed by atoms with Crippen LogP contribution >= 0.6 is 0 Å². The minimum Gasteiger partial charge on any atom is -0.335 e. The van der Waals surface area contributed by atoms with Crippen LogP contribution in [0, 0.1) is 5.82 Å². The average molecular weight is 236 g/mol. The molecular formula is C12H13FN2O2. The summed E-state index contributed by atoms with van der Waals surface area (Å²) in [5, 5.41) is 2.66. The van der Waals surface area contributed by atoms with E-state index in [0.29, 0.717) is 0 Å². The van der Waals surface area contributed by atoms with Crippen LogP contribution in [-0.4, -0.2) is 18.0 Å². The van der Waals surface area contributed by atoms with Crippen LogP contribution in [0.4, 0.5) is 14.9 Å². The van der Waals surface area contributed by atoms with Crippen molar-refractivity contribution in [2.45, 2.75) is 25.8 Å². The standard InChI is InChI=1S/C12H13FN2O2/c1-8(16)15(12(17)14-9-6-7-9)11-5-3-2-4-10(11)13/h2-5,9H,6-7H2,1H3,(H,14,17). The number of urea groups is 1. The van der Waals surface area contributed by atoms with Gasteiger partial charge < -0.3 is 5.32 Å². The van der Waals surface area contributed by atoms with E-state index in [1.807, 2.05) is 0 Å². The molecule has 3 amide bonds. The van der Waals surface area contributed by atoms with E-state index in [1.54, 1.807) is 6.07 Å². The summed E-state index contributed by atoms with van der Waals surface area (Å²) in [6, 6.07) is 5.27. The van der Waals surface area contributed by atoms with Crippen LogP contribution in [0.1, 0.15) is 19.8 Å². The van der Waals surface area contributed by atoms with Crippen molar-refractivity contribution in [3.05, 3.63) is 30.1 Å². The molecular weight excluding hydrogens is 223 g/mol. The number of para-hydroxylation sites is 1. The number of hydrogen-bond acceptors (Lipinski definition) is 2. The Morgan fingerprint density at radius 2 is 2.00 bits per heavy atom. The Hall–Kier alpha value is -1.91. The predicted molar refractivity (Wildman–Crippen MR) is 61.1 cm³/mol. The monoisotopic (exact) mass is 236 g/mol. The maximum atomic E-state index is 13.5. The summed E-state index contributed by atoms with van der Waals surface area (Å²) < 4.78 is 13.5. The van der Waals surface area contributed by atoms with Gasteiger partial charge in [-0.2, -0.15) is 0 Å². The predicted octanol–water partition coefficient (Wildman–Crippen LogP) is 2.05. The first-order valence-corrected chi connectivity index (χ1v) is 5.45. The molecule has 0 atom stereocenters. The van der Waals surface area contributed by atoms with E-state index in [9.17, 15) is 14.0 Å². The molecule has 0 saturated heterocycles. The molecule has 1 aliphatic carbocycles. The van der Waals surface area contributed by atoms with Gasteiger partial charge in [0.25, 0.3) is 0 Å². The quantitative estimate of drug-likeness (QED) is 0.854. The third kappa shape index (κ3) is 2.61. The number of imide groups is 1. The highest BCUT2D eigenvalue weighted by Gasteiger charge is 2.29. The second-order valence-corrected chi connectivity index (χ2v) is 4.03. The first-order chi connectivity index (χ1) is 8.09. The SMILES string of the molecule is CC(=O)N(C(=O)NC1CC1)c1ccccc1F. The summed E-state index contributed by atoms with van der Waals surface area (Å²) in [5.41, 5.74) is -0.0156. The smallest absolute Gasteiger partial charge is 0.329 e. The summed E-state index contributed by atoms with van der Waals surface area (Å²) in [5.74, 6) is -1.10. The van der Waals surface area contributed by atoms with E-state index in [2.05, 4.69) is 5.32 Å². The van der Waals surface area contributed by atoms with Gasteiger partial charge in [0, 0.05) is 13.0 Å². The summed E-state index contributed by atoms with van der Waals surface area (Å²) in [6.07, 6.45) is 1.82. The Morgan fingerprint density at radius 3 is 2.53 bits per heavy atom. The zero-order valence-corrected chi connectivity index (χ0v) is 9.44. The summed E-state index contributed by atoms with van der Waals surface area (Å²) in [4.78, 5) is 24.1. The van der Waals surface area contributed by atoms with E-state index >= 15 is 0 Å². The lowest BCUT2D eigenvalue weighted by Gasteiger charge is -2.20. The second kappa shape index (κ2) is 4.53. The summed E-state index contributed by atoms with van der Waals surface area (Å²) in [7, 11) is 0. The number of halogens is 1. The van der Waals surface area contributed by atoms with Crippen molar-refractivity contribution in [2.75, 3.05) is 4.90 Å². The van der Waals surface area contributed by atoms with E-state index in [1.165, 1.54) is 25.1 Å². The molecule has 0 aliphatic heterocycles. The number of anilines is 1. The fourth-order valence-electron chi connectivity index (χ4n) is 1.52. The van der Waals surface area contributed by atoms with Gasteiger partial charge in [-0.05, 0) is 25.0 Å². The molecule has 0 aromatic heterocycles. The van der Waals surface area contributed by atoms with Gasteiger partial charge in [-0.15, -0.1) is 0 Å². The van der Waals surface area contributed by atoms with Gasteiger partial charge >= 0.3 is 6.03 Å². The number of carbonyl (C=O) groups is 2. The van der Waals surface area contributed by atoms with Crippen LogP contribution in [0.5, 0.6) is 0 Å². The van der Waals surface area contributed by atoms with Crippen molar-refractivity contribution in [1.29, 1.82) is 0 Å². The fourth-order valence-corrected chi connectivity index (χ4v) is 1.52. The summed E-state index contributed by atoms with van der Waals surface area (Å²) >= 11 is 0. The van der Waals surface area contributed by atoms with Crippen LogP contribution in [0.25, 0.3) is 0 Å².